The number of nitrogens with one attached hydrogen (secondary N) is 1. The van der Waals surface area contributed by atoms with Crippen LogP contribution >= 0.6 is 22.9 Å². The number of thiophene rings is 1. The number of rotatable bonds is 5. The van der Waals surface area contributed by atoms with Gasteiger partial charge in [-0.1, -0.05) is 17.7 Å². The Labute approximate surface area is 124 Å². The monoisotopic (exact) mass is 335 g/mol. The first-order valence-electron chi connectivity index (χ1n) is 5.55. The van der Waals surface area contributed by atoms with Crippen molar-refractivity contribution in [2.45, 2.75) is 18.0 Å². The van der Waals surface area contributed by atoms with Crippen LogP contribution in [0.25, 0.3) is 0 Å². The van der Waals surface area contributed by atoms with E-state index in [1.807, 2.05) is 0 Å². The summed E-state index contributed by atoms with van der Waals surface area (Å²) < 4.78 is 40.6. The average Bonchev–Trinajstić information content (AvgIpc) is 2.82. The van der Waals surface area contributed by atoms with Crippen LogP contribution in [0.4, 0.5) is 4.39 Å². The molecule has 0 amide bonds. The molecule has 108 valence electrons. The van der Waals surface area contributed by atoms with E-state index in [1.165, 1.54) is 17.4 Å². The van der Waals surface area contributed by atoms with Crippen LogP contribution in [-0.4, -0.2) is 13.5 Å². The predicted molar refractivity (Wildman–Crippen MR) is 75.7 cm³/mol. The number of benzene rings is 1. The van der Waals surface area contributed by atoms with Gasteiger partial charge in [-0.05, 0) is 29.8 Å². The second-order valence-electron chi connectivity index (χ2n) is 3.95. The lowest BCUT2D eigenvalue weighted by atomic mass is 10.2. The third kappa shape index (κ3) is 3.56. The molecule has 0 saturated heterocycles. The molecule has 0 spiro atoms. The molecule has 1 aromatic heterocycles. The Balaban J connectivity index is 2.18. The van der Waals surface area contributed by atoms with Crippen LogP contribution in [0.15, 0.2) is 35.2 Å². The Morgan fingerprint density at radius 3 is 2.60 bits per heavy atom. The number of hydrogen-bond acceptors (Lipinski definition) is 4. The molecule has 8 heteroatoms. The molecule has 1 aromatic carbocycles. The van der Waals surface area contributed by atoms with Crippen molar-refractivity contribution < 1.29 is 17.9 Å². The molecule has 2 rings (SSSR count). The molecule has 2 N–H and O–H groups in total. The van der Waals surface area contributed by atoms with Gasteiger partial charge in [0.15, 0.2) is 0 Å². The first-order chi connectivity index (χ1) is 9.42. The van der Waals surface area contributed by atoms with Crippen LogP contribution < -0.4 is 4.72 Å². The minimum atomic E-state index is -3.95. The van der Waals surface area contributed by atoms with E-state index in [-0.39, 0.29) is 13.2 Å². The van der Waals surface area contributed by atoms with E-state index in [0.29, 0.717) is 9.90 Å². The average molecular weight is 336 g/mol. The summed E-state index contributed by atoms with van der Waals surface area (Å²) in [4.78, 5) is 0.281. The van der Waals surface area contributed by atoms with Crippen molar-refractivity contribution in [1.29, 1.82) is 0 Å². The Morgan fingerprint density at radius 1 is 1.30 bits per heavy atom. The quantitative estimate of drug-likeness (QED) is 0.882. The fraction of sp³-hybridized carbons (Fsp3) is 0.167. The second kappa shape index (κ2) is 6.19. The van der Waals surface area contributed by atoms with Crippen molar-refractivity contribution in [3.05, 3.63) is 50.9 Å². The van der Waals surface area contributed by atoms with Gasteiger partial charge >= 0.3 is 0 Å². The van der Waals surface area contributed by atoms with Crippen molar-refractivity contribution in [3.63, 3.8) is 0 Å². The third-order valence-corrected chi connectivity index (χ3v) is 5.20. The van der Waals surface area contributed by atoms with Crippen LogP contribution in [0.2, 0.25) is 4.34 Å². The first-order valence-corrected chi connectivity index (χ1v) is 8.23. The van der Waals surface area contributed by atoms with Gasteiger partial charge < -0.3 is 5.11 Å². The molecule has 0 aliphatic rings. The highest BCUT2D eigenvalue weighted by molar-refractivity contribution is 7.89. The zero-order valence-electron chi connectivity index (χ0n) is 10.1. The van der Waals surface area contributed by atoms with Crippen molar-refractivity contribution in [2.24, 2.45) is 0 Å². The summed E-state index contributed by atoms with van der Waals surface area (Å²) >= 11 is 6.99. The fourth-order valence-corrected chi connectivity index (χ4v) is 3.73. The lowest BCUT2D eigenvalue weighted by molar-refractivity contribution is 0.281. The number of aliphatic hydroxyl groups excluding tert-OH is 1. The molecule has 1 heterocycles. The van der Waals surface area contributed by atoms with Crippen LogP contribution in [-0.2, 0) is 23.2 Å². The van der Waals surface area contributed by atoms with Gasteiger partial charge in [0.05, 0.1) is 10.9 Å². The van der Waals surface area contributed by atoms with E-state index in [1.54, 1.807) is 12.1 Å². The van der Waals surface area contributed by atoms with Gasteiger partial charge in [0.2, 0.25) is 10.0 Å². The van der Waals surface area contributed by atoms with E-state index >= 15 is 0 Å². The number of sulfonamides is 1. The van der Waals surface area contributed by atoms with Gasteiger partial charge in [-0.3, -0.25) is 0 Å². The summed E-state index contributed by atoms with van der Waals surface area (Å²) in [5.74, 6) is -0.895. The summed E-state index contributed by atoms with van der Waals surface area (Å²) in [5.41, 5.74) is 0.312. The summed E-state index contributed by atoms with van der Waals surface area (Å²) in [6.07, 6.45) is 0. The number of halogens is 2. The van der Waals surface area contributed by atoms with Crippen LogP contribution in [0.5, 0.6) is 0 Å². The second-order valence-corrected chi connectivity index (χ2v) is 7.49. The lowest BCUT2D eigenvalue weighted by Gasteiger charge is -2.07. The molecule has 0 radical (unpaired) electrons. The summed E-state index contributed by atoms with van der Waals surface area (Å²) in [6.45, 7) is -0.306. The Kier molecular flexibility index (Phi) is 4.77. The van der Waals surface area contributed by atoms with Gasteiger partial charge in [-0.25, -0.2) is 17.5 Å². The van der Waals surface area contributed by atoms with Crippen LogP contribution in [0, 0.1) is 5.82 Å². The smallest absolute Gasteiger partial charge is 0.243 e. The molecule has 0 atom stereocenters. The zero-order chi connectivity index (χ0) is 14.8. The molecule has 0 saturated carbocycles. The topological polar surface area (TPSA) is 66.4 Å². The fourth-order valence-electron chi connectivity index (χ4n) is 1.55. The lowest BCUT2D eigenvalue weighted by Crippen LogP contribution is -2.23. The van der Waals surface area contributed by atoms with Crippen molar-refractivity contribution in [2.75, 3.05) is 0 Å². The van der Waals surface area contributed by atoms with Crippen LogP contribution in [0.3, 0.4) is 0 Å². The van der Waals surface area contributed by atoms with E-state index in [2.05, 4.69) is 4.72 Å². The third-order valence-electron chi connectivity index (χ3n) is 2.53. The zero-order valence-corrected chi connectivity index (χ0v) is 12.5. The highest BCUT2D eigenvalue weighted by atomic mass is 35.5. The van der Waals surface area contributed by atoms with Gasteiger partial charge in [-0.2, -0.15) is 0 Å². The van der Waals surface area contributed by atoms with E-state index < -0.39 is 20.7 Å². The van der Waals surface area contributed by atoms with Gasteiger partial charge in [0.1, 0.15) is 10.7 Å². The molecule has 0 aliphatic heterocycles. The molecular weight excluding hydrogens is 325 g/mol. The predicted octanol–water partition coefficient (Wildman–Crippen LogP) is 2.51. The molecule has 0 aliphatic carbocycles. The highest BCUT2D eigenvalue weighted by Gasteiger charge is 2.19. The molecule has 0 bridgehead atoms. The van der Waals surface area contributed by atoms with Crippen molar-refractivity contribution >= 4 is 33.0 Å². The molecular formula is C12H11ClFNO3S2. The highest BCUT2D eigenvalue weighted by Crippen LogP contribution is 2.22. The molecule has 0 fully saturated rings. The van der Waals surface area contributed by atoms with E-state index in [4.69, 9.17) is 16.7 Å². The maximum absolute atomic E-state index is 13.7. The minimum Gasteiger partial charge on any atom is -0.392 e. The normalized spacial score (nSPS) is 11.8. The standard InChI is InChI=1S/C12H11ClFNO3S2/c13-12-4-2-9(19-12)6-15-20(17,18)11-3-1-8(7-16)5-10(11)14/h1-5,15-16H,6-7H2. The molecule has 20 heavy (non-hydrogen) atoms. The van der Waals surface area contributed by atoms with Crippen LogP contribution in [0.1, 0.15) is 10.4 Å². The summed E-state index contributed by atoms with van der Waals surface area (Å²) in [6, 6.07) is 6.84. The maximum atomic E-state index is 13.7. The minimum absolute atomic E-state index is 0.0426. The Bertz CT molecular complexity index is 715. The SMILES string of the molecule is O=S(=O)(NCc1ccc(Cl)s1)c1ccc(CO)cc1F. The van der Waals surface area contributed by atoms with Gasteiger partial charge in [0, 0.05) is 11.4 Å². The number of hydrogen-bond donors (Lipinski definition) is 2. The summed E-state index contributed by atoms with van der Waals surface area (Å²) in [5, 5.41) is 8.87. The maximum Gasteiger partial charge on any atom is 0.243 e. The summed E-state index contributed by atoms with van der Waals surface area (Å²) in [7, 11) is -3.95. The first kappa shape index (κ1) is 15.4. The van der Waals surface area contributed by atoms with Gasteiger partial charge in [0.25, 0.3) is 0 Å². The molecule has 2 aromatic rings. The van der Waals surface area contributed by atoms with E-state index in [0.717, 1.165) is 17.0 Å². The number of aliphatic hydroxyl groups is 1. The Morgan fingerprint density at radius 2 is 2.05 bits per heavy atom. The molecule has 4 nitrogen and oxygen atoms in total. The van der Waals surface area contributed by atoms with Crippen molar-refractivity contribution in [1.82, 2.24) is 4.72 Å². The van der Waals surface area contributed by atoms with Crippen molar-refractivity contribution in [3.8, 4) is 0 Å². The van der Waals surface area contributed by atoms with Gasteiger partial charge in [-0.15, -0.1) is 11.3 Å². The molecule has 0 unspecified atom stereocenters. The largest absolute Gasteiger partial charge is 0.392 e. The van der Waals surface area contributed by atoms with E-state index in [9.17, 15) is 12.8 Å². The Hall–Kier alpha value is -0.990.